The van der Waals surface area contributed by atoms with Crippen LogP contribution < -0.4 is 14.8 Å². The highest BCUT2D eigenvalue weighted by Crippen LogP contribution is 2.27. The van der Waals surface area contributed by atoms with Crippen LogP contribution in [0, 0.1) is 0 Å². The number of amides is 1. The van der Waals surface area contributed by atoms with E-state index in [1.807, 2.05) is 12.1 Å². The summed E-state index contributed by atoms with van der Waals surface area (Å²) in [7, 11) is -0.651. The van der Waals surface area contributed by atoms with Crippen LogP contribution in [0.25, 0.3) is 6.08 Å². The van der Waals surface area contributed by atoms with Crippen molar-refractivity contribution in [2.45, 2.75) is 57.8 Å². The second-order valence-electron chi connectivity index (χ2n) is 7.21. The average molecular weight is 442 g/mol. The Bertz CT molecular complexity index is 761. The van der Waals surface area contributed by atoms with E-state index in [-0.39, 0.29) is 11.7 Å². The third-order valence-corrected chi connectivity index (χ3v) is 5.52. The number of carbonyl (C=O) groups excluding carboxylic acids is 1. The fourth-order valence-corrected chi connectivity index (χ4v) is 3.61. The third kappa shape index (κ3) is 12.5. The maximum atomic E-state index is 11.9. The molecule has 2 N–H and O–H groups in total. The average Bonchev–Trinajstić information content (AvgIpc) is 2.71. The molecule has 0 spiro atoms. The van der Waals surface area contributed by atoms with Gasteiger partial charge in [-0.1, -0.05) is 51.0 Å². The molecule has 0 atom stereocenters. The van der Waals surface area contributed by atoms with Crippen molar-refractivity contribution in [3.8, 4) is 11.5 Å². The monoisotopic (exact) mass is 441 g/mol. The van der Waals surface area contributed by atoms with Crippen LogP contribution in [-0.2, 0) is 14.9 Å². The molecule has 0 aliphatic rings. The molecule has 0 saturated carbocycles. The van der Waals surface area contributed by atoms with Gasteiger partial charge in [-0.25, -0.2) is 0 Å². The Balaban J connectivity index is 2.05. The van der Waals surface area contributed by atoms with Crippen LogP contribution in [0.1, 0.15) is 63.4 Å². The lowest BCUT2D eigenvalue weighted by Gasteiger charge is -2.07. The Morgan fingerprint density at radius 3 is 2.07 bits per heavy atom. The number of hydrogen-bond acceptors (Lipinski definition) is 5. The second kappa shape index (κ2) is 14.8. The van der Waals surface area contributed by atoms with Gasteiger partial charge < -0.3 is 14.8 Å². The predicted octanol–water partition coefficient (Wildman–Crippen LogP) is 4.23. The second-order valence-corrected chi connectivity index (χ2v) is 8.78. The van der Waals surface area contributed by atoms with Crippen molar-refractivity contribution < 1.29 is 27.2 Å². The van der Waals surface area contributed by atoms with Crippen LogP contribution in [0.2, 0.25) is 0 Å². The smallest absolute Gasteiger partial charge is 0.264 e. The Morgan fingerprint density at radius 1 is 0.933 bits per heavy atom. The zero-order valence-corrected chi connectivity index (χ0v) is 18.9. The molecule has 0 aromatic heterocycles. The number of carbonyl (C=O) groups is 1. The minimum absolute atomic E-state index is 0.116. The number of rotatable bonds is 16. The van der Waals surface area contributed by atoms with E-state index < -0.39 is 10.1 Å². The highest BCUT2D eigenvalue weighted by atomic mass is 32.2. The number of nitrogens with one attached hydrogen (secondary N) is 1. The molecule has 1 aromatic carbocycles. The van der Waals surface area contributed by atoms with E-state index >= 15 is 0 Å². The van der Waals surface area contributed by atoms with Gasteiger partial charge in [0.05, 0.1) is 20.0 Å². The molecule has 0 heterocycles. The molecule has 30 heavy (non-hydrogen) atoms. The van der Waals surface area contributed by atoms with Gasteiger partial charge in [-0.2, -0.15) is 8.42 Å². The number of unbranched alkanes of at least 4 members (excludes halogenated alkanes) is 8. The van der Waals surface area contributed by atoms with E-state index in [4.69, 9.17) is 14.0 Å². The molecule has 1 rings (SSSR count). The first-order chi connectivity index (χ1) is 14.4. The van der Waals surface area contributed by atoms with Gasteiger partial charge in [0.15, 0.2) is 11.5 Å². The molecular formula is C22H35NO6S. The fourth-order valence-electron chi connectivity index (χ4n) is 3.05. The summed E-state index contributed by atoms with van der Waals surface area (Å²) in [6, 6.07) is 5.48. The molecule has 8 heteroatoms. The Kier molecular flexibility index (Phi) is 12.9. The highest BCUT2D eigenvalue weighted by molar-refractivity contribution is 7.85. The first-order valence-electron chi connectivity index (χ1n) is 10.5. The minimum atomic E-state index is -3.81. The first kappa shape index (κ1) is 26.0. The summed E-state index contributed by atoms with van der Waals surface area (Å²) in [6.45, 7) is 0.657. The van der Waals surface area contributed by atoms with Crippen LogP contribution in [-0.4, -0.2) is 45.4 Å². The molecule has 0 aliphatic heterocycles. The summed E-state index contributed by atoms with van der Waals surface area (Å²) in [5, 5.41) is 2.89. The van der Waals surface area contributed by atoms with Crippen LogP contribution in [0.15, 0.2) is 24.3 Å². The topological polar surface area (TPSA) is 102 Å². The van der Waals surface area contributed by atoms with Crippen LogP contribution >= 0.6 is 0 Å². The zero-order chi connectivity index (χ0) is 22.2. The molecule has 0 unspecified atom stereocenters. The van der Waals surface area contributed by atoms with E-state index in [9.17, 15) is 13.2 Å². The minimum Gasteiger partial charge on any atom is -0.493 e. The molecule has 7 nitrogen and oxygen atoms in total. The largest absolute Gasteiger partial charge is 0.493 e. The van der Waals surface area contributed by atoms with E-state index in [1.165, 1.54) is 6.08 Å². The van der Waals surface area contributed by atoms with Crippen molar-refractivity contribution >= 4 is 22.1 Å². The van der Waals surface area contributed by atoms with Crippen molar-refractivity contribution in [2.24, 2.45) is 0 Å². The van der Waals surface area contributed by atoms with Crippen molar-refractivity contribution in [3.05, 3.63) is 29.8 Å². The number of benzene rings is 1. The van der Waals surface area contributed by atoms with Crippen molar-refractivity contribution in [2.75, 3.05) is 26.5 Å². The normalized spacial score (nSPS) is 11.6. The van der Waals surface area contributed by atoms with E-state index in [1.54, 1.807) is 26.4 Å². The molecule has 0 fully saturated rings. The van der Waals surface area contributed by atoms with Gasteiger partial charge in [0.1, 0.15) is 0 Å². The lowest BCUT2D eigenvalue weighted by molar-refractivity contribution is -0.116. The van der Waals surface area contributed by atoms with Gasteiger partial charge in [-0.15, -0.1) is 0 Å². The molecular weight excluding hydrogens is 406 g/mol. The highest BCUT2D eigenvalue weighted by Gasteiger charge is 2.04. The zero-order valence-electron chi connectivity index (χ0n) is 18.1. The van der Waals surface area contributed by atoms with Gasteiger partial charge in [0.2, 0.25) is 5.91 Å². The third-order valence-electron chi connectivity index (χ3n) is 4.71. The van der Waals surface area contributed by atoms with Gasteiger partial charge >= 0.3 is 0 Å². The van der Waals surface area contributed by atoms with Gasteiger partial charge in [-0.05, 0) is 36.6 Å². The molecule has 0 saturated heterocycles. The van der Waals surface area contributed by atoms with Crippen LogP contribution in [0.4, 0.5) is 0 Å². The lowest BCUT2D eigenvalue weighted by atomic mass is 10.1. The Labute approximate surface area is 180 Å². The standard InChI is InChI=1S/C22H35NO6S/c1-28-20-14-12-19(18-21(20)29-2)13-15-22(24)23-16-10-8-6-4-3-5-7-9-11-17-30(25,26)27/h12-15,18H,3-11,16-17H2,1-2H3,(H,23,24)(H,25,26,27). The summed E-state index contributed by atoms with van der Waals surface area (Å²) in [5.41, 5.74) is 0.862. The molecule has 170 valence electrons. The maximum Gasteiger partial charge on any atom is 0.264 e. The van der Waals surface area contributed by atoms with Crippen LogP contribution in [0.5, 0.6) is 11.5 Å². The SMILES string of the molecule is COc1ccc(C=CC(=O)NCCCCCCCCCCCS(=O)(=O)O)cc1OC. The van der Waals surface area contributed by atoms with E-state index in [2.05, 4.69) is 5.32 Å². The van der Waals surface area contributed by atoms with Crippen molar-refractivity contribution in [1.29, 1.82) is 0 Å². The van der Waals surface area contributed by atoms with Crippen molar-refractivity contribution in [3.63, 3.8) is 0 Å². The Morgan fingerprint density at radius 2 is 1.50 bits per heavy atom. The number of hydrogen-bond donors (Lipinski definition) is 2. The molecule has 1 amide bonds. The van der Waals surface area contributed by atoms with Crippen molar-refractivity contribution in [1.82, 2.24) is 5.32 Å². The van der Waals surface area contributed by atoms with Gasteiger partial charge in [0, 0.05) is 12.6 Å². The molecule has 0 aliphatic carbocycles. The number of ether oxygens (including phenoxy) is 2. The van der Waals surface area contributed by atoms with E-state index in [0.717, 1.165) is 56.9 Å². The van der Waals surface area contributed by atoms with Crippen LogP contribution in [0.3, 0.4) is 0 Å². The summed E-state index contributed by atoms with van der Waals surface area (Å²) in [5.74, 6) is 1.02. The summed E-state index contributed by atoms with van der Waals surface area (Å²) < 4.78 is 40.3. The summed E-state index contributed by atoms with van der Waals surface area (Å²) in [6.07, 6.45) is 12.1. The lowest BCUT2D eigenvalue weighted by Crippen LogP contribution is -2.21. The quantitative estimate of drug-likeness (QED) is 0.226. The predicted molar refractivity (Wildman–Crippen MR) is 120 cm³/mol. The first-order valence-corrected chi connectivity index (χ1v) is 12.1. The Hall–Kier alpha value is -2.06. The van der Waals surface area contributed by atoms with Gasteiger partial charge in [-0.3, -0.25) is 9.35 Å². The molecule has 0 bridgehead atoms. The summed E-state index contributed by atoms with van der Waals surface area (Å²) >= 11 is 0. The fraction of sp³-hybridized carbons (Fsp3) is 0.591. The number of methoxy groups -OCH3 is 2. The maximum absolute atomic E-state index is 11.9. The van der Waals surface area contributed by atoms with E-state index in [0.29, 0.717) is 24.5 Å². The van der Waals surface area contributed by atoms with Gasteiger partial charge in [0.25, 0.3) is 10.1 Å². The molecule has 0 radical (unpaired) electrons. The molecule has 1 aromatic rings. The summed E-state index contributed by atoms with van der Waals surface area (Å²) in [4.78, 5) is 11.9.